The van der Waals surface area contributed by atoms with Gasteiger partial charge in [-0.25, -0.2) is 4.79 Å². The van der Waals surface area contributed by atoms with Gasteiger partial charge in [-0.3, -0.25) is 9.56 Å². The summed E-state index contributed by atoms with van der Waals surface area (Å²) in [6.45, 7) is 1.99. The smallest absolute Gasteiger partial charge is 0.329 e. The highest BCUT2D eigenvalue weighted by Crippen LogP contribution is 2.31. The van der Waals surface area contributed by atoms with E-state index in [0.717, 1.165) is 5.56 Å². The minimum Gasteiger partial charge on any atom is -0.497 e. The van der Waals surface area contributed by atoms with Crippen molar-refractivity contribution >= 4 is 41.4 Å². The lowest BCUT2D eigenvalue weighted by Crippen LogP contribution is -2.24. The number of thiazole rings is 1. The molecule has 0 amide bonds. The van der Waals surface area contributed by atoms with Gasteiger partial charge in [-0.15, -0.1) is 0 Å². The van der Waals surface area contributed by atoms with Gasteiger partial charge in [0.05, 0.1) is 25.6 Å². The molecule has 0 unspecified atom stereocenters. The van der Waals surface area contributed by atoms with E-state index in [-0.39, 0.29) is 12.5 Å². The normalized spacial score (nSPS) is 12.1. The van der Waals surface area contributed by atoms with Crippen LogP contribution in [0, 0.1) is 3.95 Å². The van der Waals surface area contributed by atoms with Crippen molar-refractivity contribution in [2.45, 2.75) is 19.4 Å². The number of ether oxygens (including phenoxy) is 2. The average molecular weight is 443 g/mol. The maximum atomic E-state index is 12.7. The molecule has 2 aromatic carbocycles. The molecule has 0 aliphatic rings. The molecule has 1 atom stereocenters. The number of benzene rings is 2. The summed E-state index contributed by atoms with van der Waals surface area (Å²) >= 11 is 6.64. The zero-order chi connectivity index (χ0) is 21.5. The Balaban J connectivity index is 1.95. The van der Waals surface area contributed by atoms with Gasteiger partial charge in [-0.1, -0.05) is 47.7 Å². The first-order chi connectivity index (χ1) is 14.5. The molecule has 1 heterocycles. The molecular weight excluding hydrogens is 420 g/mol. The van der Waals surface area contributed by atoms with Gasteiger partial charge >= 0.3 is 5.97 Å². The van der Waals surface area contributed by atoms with Gasteiger partial charge < -0.3 is 14.6 Å². The van der Waals surface area contributed by atoms with Gasteiger partial charge in [0.25, 0.3) is 0 Å². The highest BCUT2D eigenvalue weighted by atomic mass is 32.1. The van der Waals surface area contributed by atoms with Crippen LogP contribution in [-0.4, -0.2) is 35.6 Å². The standard InChI is InChI=1S/C22H22N2O4S2/c1-3-28-21(26)18(12-15-8-5-4-6-9-15)24-20(25)19(30-22(24)29)14-23-16-10-7-11-17(13-16)27-2/h4-11,13-14,18,25H,3,12H2,1-2H3/t18-/m0/s1. The van der Waals surface area contributed by atoms with Crippen LogP contribution >= 0.6 is 23.6 Å². The van der Waals surface area contributed by atoms with Crippen molar-refractivity contribution in [2.24, 2.45) is 4.99 Å². The predicted octanol–water partition coefficient (Wildman–Crippen LogP) is 5.09. The van der Waals surface area contributed by atoms with E-state index >= 15 is 0 Å². The molecule has 0 saturated heterocycles. The summed E-state index contributed by atoms with van der Waals surface area (Å²) in [5, 5.41) is 10.8. The maximum absolute atomic E-state index is 12.7. The van der Waals surface area contributed by atoms with Crippen molar-refractivity contribution in [1.82, 2.24) is 4.57 Å². The minimum atomic E-state index is -0.768. The molecule has 0 radical (unpaired) electrons. The molecular formula is C22H22N2O4S2. The zero-order valence-electron chi connectivity index (χ0n) is 16.6. The molecule has 1 aromatic heterocycles. The molecule has 0 aliphatic carbocycles. The second-order valence-electron chi connectivity index (χ2n) is 6.34. The third kappa shape index (κ3) is 5.14. The van der Waals surface area contributed by atoms with Crippen molar-refractivity contribution < 1.29 is 19.4 Å². The van der Waals surface area contributed by atoms with E-state index in [9.17, 15) is 9.90 Å². The zero-order valence-corrected chi connectivity index (χ0v) is 18.3. The number of carbonyl (C=O) groups is 1. The molecule has 3 aromatic rings. The number of aliphatic imine (C=N–C) groups is 1. The number of aromatic hydroxyl groups is 1. The second-order valence-corrected chi connectivity index (χ2v) is 8.02. The fourth-order valence-electron chi connectivity index (χ4n) is 2.93. The predicted molar refractivity (Wildman–Crippen MR) is 121 cm³/mol. The molecule has 30 heavy (non-hydrogen) atoms. The molecule has 0 fully saturated rings. The number of hydrogen-bond acceptors (Lipinski definition) is 7. The van der Waals surface area contributed by atoms with Gasteiger partial charge in [-0.2, -0.15) is 0 Å². The van der Waals surface area contributed by atoms with Gasteiger partial charge in [-0.05, 0) is 36.8 Å². The van der Waals surface area contributed by atoms with Gasteiger partial charge in [0.1, 0.15) is 16.7 Å². The van der Waals surface area contributed by atoms with Crippen LogP contribution in [0.5, 0.6) is 11.6 Å². The van der Waals surface area contributed by atoms with Crippen LogP contribution in [0.25, 0.3) is 0 Å². The average Bonchev–Trinajstić information content (AvgIpc) is 3.04. The van der Waals surface area contributed by atoms with Gasteiger partial charge in [0.15, 0.2) is 3.95 Å². The summed E-state index contributed by atoms with van der Waals surface area (Å²) in [4.78, 5) is 17.5. The van der Waals surface area contributed by atoms with E-state index in [4.69, 9.17) is 21.7 Å². The fourth-order valence-corrected chi connectivity index (χ4v) is 4.21. The van der Waals surface area contributed by atoms with Crippen LogP contribution in [-0.2, 0) is 16.0 Å². The van der Waals surface area contributed by atoms with Crippen molar-refractivity contribution in [1.29, 1.82) is 0 Å². The summed E-state index contributed by atoms with van der Waals surface area (Å²) in [7, 11) is 1.59. The van der Waals surface area contributed by atoms with E-state index in [2.05, 4.69) is 4.99 Å². The molecule has 156 valence electrons. The van der Waals surface area contributed by atoms with Crippen molar-refractivity contribution in [3.63, 3.8) is 0 Å². The number of methoxy groups -OCH3 is 1. The van der Waals surface area contributed by atoms with Crippen LogP contribution in [0.2, 0.25) is 0 Å². The van der Waals surface area contributed by atoms with Crippen LogP contribution in [0.4, 0.5) is 5.69 Å². The molecule has 1 N–H and O–H groups in total. The third-order valence-electron chi connectivity index (χ3n) is 4.37. The van der Waals surface area contributed by atoms with Gasteiger partial charge in [0, 0.05) is 12.5 Å². The Bertz CT molecular complexity index is 1090. The van der Waals surface area contributed by atoms with E-state index in [1.54, 1.807) is 20.1 Å². The maximum Gasteiger partial charge on any atom is 0.329 e. The lowest BCUT2D eigenvalue weighted by Gasteiger charge is -2.18. The molecule has 6 nitrogen and oxygen atoms in total. The van der Waals surface area contributed by atoms with E-state index in [1.165, 1.54) is 22.1 Å². The van der Waals surface area contributed by atoms with Crippen LogP contribution in [0.15, 0.2) is 59.6 Å². The second kappa shape index (κ2) is 10.2. The molecule has 0 aliphatic heterocycles. The largest absolute Gasteiger partial charge is 0.497 e. The lowest BCUT2D eigenvalue weighted by molar-refractivity contribution is -0.147. The molecule has 8 heteroatoms. The first-order valence-electron chi connectivity index (χ1n) is 9.36. The lowest BCUT2D eigenvalue weighted by atomic mass is 10.1. The SMILES string of the molecule is CCOC(=O)[C@H](Cc1ccccc1)n1c(O)c(C=Nc2cccc(OC)c2)sc1=S. The van der Waals surface area contributed by atoms with Crippen molar-refractivity contribution in [3.05, 3.63) is 69.0 Å². The number of aromatic nitrogens is 1. The molecule has 0 saturated carbocycles. The van der Waals surface area contributed by atoms with E-state index in [1.807, 2.05) is 48.5 Å². The summed E-state index contributed by atoms with van der Waals surface area (Å²) in [6, 6.07) is 16.0. The number of rotatable bonds is 8. The van der Waals surface area contributed by atoms with Gasteiger partial charge in [0.2, 0.25) is 5.88 Å². The van der Waals surface area contributed by atoms with Crippen LogP contribution in [0.3, 0.4) is 0 Å². The Labute approximate surface area is 184 Å². The Morgan fingerprint density at radius 1 is 1.27 bits per heavy atom. The minimum absolute atomic E-state index is 0.106. The summed E-state index contributed by atoms with van der Waals surface area (Å²) in [5.74, 6) is 0.136. The monoisotopic (exact) mass is 442 g/mol. The molecule has 3 rings (SSSR count). The Morgan fingerprint density at radius 3 is 2.73 bits per heavy atom. The number of nitrogens with zero attached hydrogens (tertiary/aromatic N) is 2. The topological polar surface area (TPSA) is 73.0 Å². The number of hydrogen-bond donors (Lipinski definition) is 1. The quantitative estimate of drug-likeness (QED) is 0.299. The third-order valence-corrected chi connectivity index (χ3v) is 5.69. The molecule has 0 spiro atoms. The van der Waals surface area contributed by atoms with E-state index in [0.29, 0.717) is 26.7 Å². The number of esters is 1. The summed E-state index contributed by atoms with van der Waals surface area (Å²) < 4.78 is 12.3. The fraction of sp³-hybridized carbons (Fsp3) is 0.227. The van der Waals surface area contributed by atoms with E-state index < -0.39 is 12.0 Å². The highest BCUT2D eigenvalue weighted by Gasteiger charge is 2.27. The van der Waals surface area contributed by atoms with Crippen molar-refractivity contribution in [3.8, 4) is 11.6 Å². The van der Waals surface area contributed by atoms with Crippen LogP contribution < -0.4 is 4.74 Å². The Kier molecular flexibility index (Phi) is 7.37. The van der Waals surface area contributed by atoms with Crippen LogP contribution in [0.1, 0.15) is 23.4 Å². The Hall–Kier alpha value is -2.97. The molecule has 0 bridgehead atoms. The summed E-state index contributed by atoms with van der Waals surface area (Å²) in [5.41, 5.74) is 1.61. The first kappa shape index (κ1) is 21.7. The Morgan fingerprint density at radius 2 is 2.03 bits per heavy atom. The summed E-state index contributed by atoms with van der Waals surface area (Å²) in [6.07, 6.45) is 1.89. The first-order valence-corrected chi connectivity index (χ1v) is 10.6. The highest BCUT2D eigenvalue weighted by molar-refractivity contribution is 7.73. The van der Waals surface area contributed by atoms with Crippen molar-refractivity contribution in [2.75, 3.05) is 13.7 Å². The number of carbonyl (C=O) groups excluding carboxylic acids is 1.